The molecule has 0 aliphatic rings. The smallest absolute Gasteiger partial charge is 0.340 e. The number of amides is 1. The quantitative estimate of drug-likeness (QED) is 0.311. The van der Waals surface area contributed by atoms with E-state index >= 15 is 0 Å². The van der Waals surface area contributed by atoms with E-state index in [2.05, 4.69) is 10.4 Å². The maximum atomic E-state index is 12.3. The zero-order valence-electron chi connectivity index (χ0n) is 17.5. The van der Waals surface area contributed by atoms with Crippen LogP contribution in [0.15, 0.2) is 54.7 Å². The van der Waals surface area contributed by atoms with Crippen LogP contribution in [0, 0.1) is 12.1 Å². The number of anilines is 1. The lowest BCUT2D eigenvalue weighted by Gasteiger charge is -2.23. The zero-order valence-corrected chi connectivity index (χ0v) is 17.5. The number of hydrogen-bond acceptors (Lipinski definition) is 5. The Kier molecular flexibility index (Phi) is 7.07. The van der Waals surface area contributed by atoms with E-state index in [1.165, 1.54) is 11.8 Å². The van der Waals surface area contributed by atoms with Crippen LogP contribution in [-0.4, -0.2) is 30.0 Å². The average molecular weight is 422 g/mol. The van der Waals surface area contributed by atoms with Crippen LogP contribution in [0.1, 0.15) is 38.9 Å². The van der Waals surface area contributed by atoms with Gasteiger partial charge in [-0.1, -0.05) is 42.0 Å². The number of aryl methyl sites for hydroxylation is 1. The molecule has 0 aliphatic carbocycles. The molecular weight excluding hydrogens is 396 g/mol. The average Bonchev–Trinajstić information content (AvgIpc) is 3.20. The molecule has 0 bridgehead atoms. The van der Waals surface area contributed by atoms with Gasteiger partial charge in [-0.2, -0.15) is 0 Å². The summed E-state index contributed by atoms with van der Waals surface area (Å²) in [5.74, 6) is -1.23. The van der Waals surface area contributed by atoms with Gasteiger partial charge in [0, 0.05) is 18.2 Å². The van der Waals surface area contributed by atoms with Crippen molar-refractivity contribution in [2.24, 2.45) is 5.73 Å². The van der Waals surface area contributed by atoms with Gasteiger partial charge in [-0.3, -0.25) is 9.97 Å². The number of H-pyrrole nitrogens is 1. The number of carbonyl (C=O) groups is 2. The van der Waals surface area contributed by atoms with E-state index < -0.39 is 11.9 Å². The predicted octanol–water partition coefficient (Wildman–Crippen LogP) is 2.22. The van der Waals surface area contributed by atoms with E-state index in [0.29, 0.717) is 29.8 Å². The van der Waals surface area contributed by atoms with Gasteiger partial charge in [0.2, 0.25) is 0 Å². The zero-order chi connectivity index (χ0) is 22.4. The molecule has 1 atom stereocenters. The van der Waals surface area contributed by atoms with E-state index in [-0.39, 0.29) is 23.0 Å². The minimum atomic E-state index is -0.681. The highest BCUT2D eigenvalue weighted by atomic mass is 16.5. The van der Waals surface area contributed by atoms with Gasteiger partial charge in [0.05, 0.1) is 17.9 Å². The van der Waals surface area contributed by atoms with Crippen LogP contribution in [0.3, 0.4) is 0 Å². The first-order valence-corrected chi connectivity index (χ1v) is 10.0. The Hall–Kier alpha value is -3.62. The summed E-state index contributed by atoms with van der Waals surface area (Å²) in [6, 6.07) is 15.0. The number of nitrogens with two attached hydrogens (primary N) is 1. The molecule has 1 heterocycles. The van der Waals surface area contributed by atoms with Crippen LogP contribution in [-0.2, 0) is 11.2 Å². The van der Waals surface area contributed by atoms with Gasteiger partial charge in [0.25, 0.3) is 5.91 Å². The second kappa shape index (κ2) is 9.92. The SMILES string of the molecule is CCOC(=O)c1c[nH]c(C(N)=O)c1-c1ccc(N[NH+]([O-])CCc2ccc(C)cc2)cc1. The molecule has 0 fully saturated rings. The molecule has 0 aliphatic heterocycles. The summed E-state index contributed by atoms with van der Waals surface area (Å²) in [5.41, 5.74) is 12.5. The molecule has 8 nitrogen and oxygen atoms in total. The highest BCUT2D eigenvalue weighted by Crippen LogP contribution is 2.29. The number of aromatic nitrogens is 1. The molecule has 0 saturated carbocycles. The Morgan fingerprint density at radius 3 is 2.42 bits per heavy atom. The van der Waals surface area contributed by atoms with Crippen molar-refractivity contribution in [1.82, 2.24) is 4.98 Å². The van der Waals surface area contributed by atoms with Crippen molar-refractivity contribution in [2.75, 3.05) is 18.6 Å². The van der Waals surface area contributed by atoms with Gasteiger partial charge in [0.1, 0.15) is 12.2 Å². The van der Waals surface area contributed by atoms with Gasteiger partial charge in [-0.15, -0.1) is 0 Å². The van der Waals surface area contributed by atoms with Gasteiger partial charge >= 0.3 is 5.97 Å². The van der Waals surface area contributed by atoms with Crippen LogP contribution in [0.25, 0.3) is 11.1 Å². The number of hydroxylamine groups is 1. The molecule has 1 amide bonds. The standard InChI is InChI=1S/C23H26N4O4/c1-3-31-23(29)19-14-25-21(22(24)28)20(19)17-8-10-18(11-9-17)26-27(30)13-12-16-6-4-15(2)5-7-16/h4-11,14,25-27H,3,12-13H2,1-2H3,(H2,24,28). The molecule has 31 heavy (non-hydrogen) atoms. The lowest BCUT2D eigenvalue weighted by Crippen LogP contribution is -3.10. The summed E-state index contributed by atoms with van der Waals surface area (Å²) >= 11 is 0. The maximum Gasteiger partial charge on any atom is 0.340 e. The molecule has 0 radical (unpaired) electrons. The first-order valence-electron chi connectivity index (χ1n) is 10.0. The number of benzene rings is 2. The second-order valence-electron chi connectivity index (χ2n) is 7.15. The minimum Gasteiger partial charge on any atom is -0.608 e. The predicted molar refractivity (Wildman–Crippen MR) is 118 cm³/mol. The topological polar surface area (TPSA) is 125 Å². The van der Waals surface area contributed by atoms with Gasteiger partial charge in [-0.05, 0) is 37.1 Å². The number of esters is 1. The Labute approximate surface area is 180 Å². The molecule has 1 unspecified atom stereocenters. The van der Waals surface area contributed by atoms with Crippen molar-refractivity contribution in [3.8, 4) is 11.1 Å². The summed E-state index contributed by atoms with van der Waals surface area (Å²) in [5, 5.41) is 12.2. The van der Waals surface area contributed by atoms with Crippen molar-refractivity contribution in [3.05, 3.63) is 82.3 Å². The molecule has 162 valence electrons. The fourth-order valence-electron chi connectivity index (χ4n) is 3.24. The molecule has 3 aromatic rings. The first kappa shape index (κ1) is 22.1. The second-order valence-corrected chi connectivity index (χ2v) is 7.15. The number of primary amides is 1. The van der Waals surface area contributed by atoms with Gasteiger partial charge in [0.15, 0.2) is 0 Å². The van der Waals surface area contributed by atoms with Crippen LogP contribution in [0.4, 0.5) is 5.69 Å². The summed E-state index contributed by atoms with van der Waals surface area (Å²) in [4.78, 5) is 26.8. The Morgan fingerprint density at radius 1 is 1.13 bits per heavy atom. The third-order valence-corrected chi connectivity index (χ3v) is 4.84. The van der Waals surface area contributed by atoms with E-state index in [9.17, 15) is 14.8 Å². The van der Waals surface area contributed by atoms with Crippen LogP contribution in [0.5, 0.6) is 0 Å². The molecule has 0 spiro atoms. The number of hydrogen-bond donors (Lipinski definition) is 4. The van der Waals surface area contributed by atoms with Crippen molar-refractivity contribution >= 4 is 17.6 Å². The molecule has 8 heteroatoms. The molecule has 1 aromatic heterocycles. The van der Waals surface area contributed by atoms with Crippen molar-refractivity contribution in [2.45, 2.75) is 20.3 Å². The lowest BCUT2D eigenvalue weighted by atomic mass is 10.0. The summed E-state index contributed by atoms with van der Waals surface area (Å²) in [6.07, 6.45) is 2.06. The van der Waals surface area contributed by atoms with E-state index in [4.69, 9.17) is 10.5 Å². The number of rotatable bonds is 9. The summed E-state index contributed by atoms with van der Waals surface area (Å²) in [6.45, 7) is 4.30. The fraction of sp³-hybridized carbons (Fsp3) is 0.217. The maximum absolute atomic E-state index is 12.3. The largest absolute Gasteiger partial charge is 0.608 e. The number of quaternary nitrogens is 1. The van der Waals surface area contributed by atoms with Crippen molar-refractivity contribution in [3.63, 3.8) is 0 Å². The fourth-order valence-corrected chi connectivity index (χ4v) is 3.24. The van der Waals surface area contributed by atoms with E-state index in [1.807, 2.05) is 31.2 Å². The molecule has 2 aromatic carbocycles. The number of aromatic amines is 1. The van der Waals surface area contributed by atoms with Crippen molar-refractivity contribution < 1.29 is 19.5 Å². The summed E-state index contributed by atoms with van der Waals surface area (Å²) in [7, 11) is 0. The van der Waals surface area contributed by atoms with E-state index in [1.54, 1.807) is 31.2 Å². The first-order chi connectivity index (χ1) is 14.9. The number of carbonyl (C=O) groups excluding carboxylic acids is 2. The molecular formula is C23H26N4O4. The minimum absolute atomic E-state index is 0.0972. The van der Waals surface area contributed by atoms with Crippen LogP contribution in [0.2, 0.25) is 0 Å². The van der Waals surface area contributed by atoms with Crippen LogP contribution >= 0.6 is 0 Å². The number of nitrogens with one attached hydrogen (secondary N) is 3. The highest BCUT2D eigenvalue weighted by Gasteiger charge is 2.22. The van der Waals surface area contributed by atoms with Gasteiger partial charge < -0.3 is 20.7 Å². The Balaban J connectivity index is 1.71. The molecule has 5 N–H and O–H groups in total. The number of ether oxygens (including phenoxy) is 1. The Morgan fingerprint density at radius 2 is 1.81 bits per heavy atom. The third kappa shape index (κ3) is 5.50. The Bertz CT molecular complexity index is 1040. The third-order valence-electron chi connectivity index (χ3n) is 4.84. The van der Waals surface area contributed by atoms with E-state index in [0.717, 1.165) is 5.56 Å². The molecule has 0 saturated heterocycles. The highest BCUT2D eigenvalue weighted by molar-refractivity contribution is 6.06. The van der Waals surface area contributed by atoms with Gasteiger partial charge in [-0.25, -0.2) is 10.2 Å². The van der Waals surface area contributed by atoms with Crippen molar-refractivity contribution in [1.29, 1.82) is 0 Å². The molecule has 3 rings (SSSR count). The monoisotopic (exact) mass is 422 g/mol. The lowest BCUT2D eigenvalue weighted by molar-refractivity contribution is -0.823. The summed E-state index contributed by atoms with van der Waals surface area (Å²) < 4.78 is 5.06. The normalized spacial score (nSPS) is 11.7. The van der Waals surface area contributed by atoms with Crippen LogP contribution < -0.4 is 16.3 Å².